The summed E-state index contributed by atoms with van der Waals surface area (Å²) in [6, 6.07) is 13.4. The maximum Gasteiger partial charge on any atom is 0.338 e. The van der Waals surface area contributed by atoms with Gasteiger partial charge in [-0.05, 0) is 96.0 Å². The van der Waals surface area contributed by atoms with Crippen molar-refractivity contribution >= 4 is 17.9 Å². The van der Waals surface area contributed by atoms with Gasteiger partial charge in [-0.2, -0.15) is 0 Å². The number of ether oxygens (including phenoxy) is 7. The van der Waals surface area contributed by atoms with Gasteiger partial charge in [0.2, 0.25) is 0 Å². The van der Waals surface area contributed by atoms with Crippen LogP contribution >= 0.6 is 0 Å². The first-order chi connectivity index (χ1) is 23.6. The zero-order valence-electron chi connectivity index (χ0n) is 30.3. The Balaban J connectivity index is 1.40. The largest absolute Gasteiger partial charge is 0.497 e. The second-order valence-electron chi connectivity index (χ2n) is 14.4. The van der Waals surface area contributed by atoms with E-state index < -0.39 is 41.5 Å². The number of rotatable bonds is 13. The Morgan fingerprint density at radius 2 is 1.46 bits per heavy atom. The molecule has 11 heteroatoms. The van der Waals surface area contributed by atoms with E-state index in [2.05, 4.69) is 0 Å². The molecular weight excluding hydrogens is 644 g/mol. The van der Waals surface area contributed by atoms with Crippen LogP contribution in [0.5, 0.6) is 11.5 Å². The zero-order valence-corrected chi connectivity index (χ0v) is 30.3. The normalized spacial score (nSPS) is 22.7. The summed E-state index contributed by atoms with van der Waals surface area (Å²) >= 11 is 0. The molecule has 2 aliphatic rings. The van der Waals surface area contributed by atoms with Crippen LogP contribution in [-0.4, -0.2) is 80.1 Å². The average molecular weight is 697 g/mol. The van der Waals surface area contributed by atoms with Crippen molar-refractivity contribution in [2.45, 2.75) is 116 Å². The van der Waals surface area contributed by atoms with Crippen molar-refractivity contribution < 1.29 is 52.6 Å². The first kappa shape index (κ1) is 38.9. The van der Waals surface area contributed by atoms with Gasteiger partial charge in [0, 0.05) is 32.1 Å². The third kappa shape index (κ3) is 11.8. The van der Waals surface area contributed by atoms with E-state index in [0.717, 1.165) is 5.57 Å². The van der Waals surface area contributed by atoms with Crippen LogP contribution in [0.1, 0.15) is 100 Å². The Morgan fingerprint density at radius 1 is 0.880 bits per heavy atom. The second-order valence-corrected chi connectivity index (χ2v) is 14.4. The van der Waals surface area contributed by atoms with Crippen LogP contribution in [0.25, 0.3) is 0 Å². The molecule has 0 spiro atoms. The molecule has 0 aromatic heterocycles. The Morgan fingerprint density at radius 3 is 2.04 bits per heavy atom. The van der Waals surface area contributed by atoms with E-state index in [4.69, 9.17) is 33.2 Å². The zero-order chi connectivity index (χ0) is 36.5. The predicted molar refractivity (Wildman–Crippen MR) is 185 cm³/mol. The van der Waals surface area contributed by atoms with Crippen LogP contribution in [0, 0.1) is 5.41 Å². The molecule has 1 fully saturated rings. The summed E-state index contributed by atoms with van der Waals surface area (Å²) in [6.45, 7) is 9.13. The molecule has 0 bridgehead atoms. The highest BCUT2D eigenvalue weighted by molar-refractivity contribution is 5.90. The van der Waals surface area contributed by atoms with Gasteiger partial charge in [-0.15, -0.1) is 0 Å². The highest BCUT2D eigenvalue weighted by Crippen LogP contribution is 2.35. The maximum absolute atomic E-state index is 13.2. The molecule has 5 atom stereocenters. The van der Waals surface area contributed by atoms with Crippen molar-refractivity contribution in [1.82, 2.24) is 0 Å². The van der Waals surface area contributed by atoms with Crippen LogP contribution in [0.3, 0.4) is 0 Å². The van der Waals surface area contributed by atoms with Gasteiger partial charge in [-0.3, -0.25) is 4.79 Å². The topological polar surface area (TPSA) is 136 Å². The SMILES string of the molecule is COc1ccc(C(=O)O[C@@H]2CC=C(C[C@H]3C[C@@H](C[C@H](CCOC(=O)C(C)(C)C)OC(=O)c4ccc(OC)cc4)OC(C)(C)O3)C[C@@H](O)C2)cc1. The van der Waals surface area contributed by atoms with Crippen molar-refractivity contribution in [3.05, 3.63) is 71.3 Å². The number of aliphatic hydroxyl groups is 1. The molecule has 1 aliphatic carbocycles. The number of benzene rings is 2. The fourth-order valence-electron chi connectivity index (χ4n) is 6.12. The quantitative estimate of drug-likeness (QED) is 0.138. The fraction of sp³-hybridized carbons (Fsp3) is 0.564. The van der Waals surface area contributed by atoms with Crippen molar-refractivity contribution in [2.24, 2.45) is 5.41 Å². The molecule has 1 saturated heterocycles. The van der Waals surface area contributed by atoms with E-state index in [-0.39, 0.29) is 24.8 Å². The van der Waals surface area contributed by atoms with Crippen LogP contribution in [0.2, 0.25) is 0 Å². The smallest absolute Gasteiger partial charge is 0.338 e. The lowest BCUT2D eigenvalue weighted by molar-refractivity contribution is -0.302. The third-order valence-electron chi connectivity index (χ3n) is 8.63. The third-order valence-corrected chi connectivity index (χ3v) is 8.63. The number of esters is 3. The molecule has 1 aliphatic heterocycles. The van der Waals surface area contributed by atoms with E-state index in [1.807, 2.05) is 19.9 Å². The first-order valence-electron chi connectivity index (χ1n) is 17.2. The molecule has 2 aromatic carbocycles. The van der Waals surface area contributed by atoms with Gasteiger partial charge in [0.15, 0.2) is 5.79 Å². The van der Waals surface area contributed by atoms with Gasteiger partial charge in [0.05, 0.1) is 55.7 Å². The van der Waals surface area contributed by atoms with Gasteiger partial charge < -0.3 is 38.3 Å². The van der Waals surface area contributed by atoms with Crippen molar-refractivity contribution in [3.8, 4) is 11.5 Å². The number of carbonyl (C=O) groups excluding carboxylic acids is 3. The van der Waals surface area contributed by atoms with Crippen LogP contribution < -0.4 is 9.47 Å². The molecular formula is C39H52O11. The molecule has 50 heavy (non-hydrogen) atoms. The molecule has 2 aromatic rings. The van der Waals surface area contributed by atoms with Crippen molar-refractivity contribution in [1.29, 1.82) is 0 Å². The van der Waals surface area contributed by atoms with Gasteiger partial charge >= 0.3 is 17.9 Å². The molecule has 4 rings (SSSR count). The lowest BCUT2D eigenvalue weighted by atomic mass is 9.94. The summed E-state index contributed by atoms with van der Waals surface area (Å²) < 4.78 is 40.2. The molecule has 11 nitrogen and oxygen atoms in total. The number of hydrogen-bond acceptors (Lipinski definition) is 11. The molecule has 0 unspecified atom stereocenters. The highest BCUT2D eigenvalue weighted by atomic mass is 16.7. The average Bonchev–Trinajstić information content (AvgIpc) is 3.22. The van der Waals surface area contributed by atoms with Crippen molar-refractivity contribution in [2.75, 3.05) is 20.8 Å². The van der Waals surface area contributed by atoms with Gasteiger partial charge in [-0.25, -0.2) is 9.59 Å². The summed E-state index contributed by atoms with van der Waals surface area (Å²) in [4.78, 5) is 38.4. The molecule has 0 radical (unpaired) electrons. The summed E-state index contributed by atoms with van der Waals surface area (Å²) in [6.07, 6.45) is 2.68. The Hall–Kier alpha value is -3.93. The molecule has 0 saturated carbocycles. The molecule has 0 amide bonds. The Bertz CT molecular complexity index is 1460. The van der Waals surface area contributed by atoms with E-state index in [1.54, 1.807) is 83.5 Å². The highest BCUT2D eigenvalue weighted by Gasteiger charge is 2.38. The number of carbonyl (C=O) groups is 3. The standard InChI is InChI=1S/C39H52O11/c1-38(2,3)37(43)46-19-18-32(48-36(42)27-11-16-30(45-7)17-12-27)23-34-24-33(49-39(4,5)50-34)21-25-8-13-31(22-28(40)20-25)47-35(41)26-9-14-29(44-6)15-10-26/h8-12,14-17,28,31-34,40H,13,18-24H2,1-7H3/t28-,31-,32+,33+,34-/m1/s1. The minimum Gasteiger partial charge on any atom is -0.497 e. The fourth-order valence-corrected chi connectivity index (χ4v) is 6.12. The van der Waals surface area contributed by atoms with E-state index in [0.29, 0.717) is 67.6 Å². The van der Waals surface area contributed by atoms with Crippen LogP contribution in [-0.2, 0) is 28.5 Å². The summed E-state index contributed by atoms with van der Waals surface area (Å²) in [7, 11) is 3.11. The number of methoxy groups -OCH3 is 2. The Kier molecular flexibility index (Phi) is 13.5. The number of hydrogen-bond donors (Lipinski definition) is 1. The van der Waals surface area contributed by atoms with E-state index in [9.17, 15) is 19.5 Å². The van der Waals surface area contributed by atoms with Crippen LogP contribution in [0.4, 0.5) is 0 Å². The second kappa shape index (κ2) is 17.3. The lowest BCUT2D eigenvalue weighted by Gasteiger charge is -2.42. The minimum atomic E-state index is -0.919. The molecule has 1 heterocycles. The maximum atomic E-state index is 13.2. The van der Waals surface area contributed by atoms with Gasteiger partial charge in [0.25, 0.3) is 0 Å². The van der Waals surface area contributed by atoms with E-state index >= 15 is 0 Å². The van der Waals surface area contributed by atoms with Gasteiger partial charge in [0.1, 0.15) is 23.7 Å². The predicted octanol–water partition coefficient (Wildman–Crippen LogP) is 6.60. The monoisotopic (exact) mass is 696 g/mol. The van der Waals surface area contributed by atoms with Crippen molar-refractivity contribution in [3.63, 3.8) is 0 Å². The lowest BCUT2D eigenvalue weighted by Crippen LogP contribution is -2.46. The van der Waals surface area contributed by atoms with E-state index in [1.165, 1.54) is 0 Å². The minimum absolute atomic E-state index is 0.0850. The summed E-state index contributed by atoms with van der Waals surface area (Å²) in [5, 5.41) is 10.9. The first-order valence-corrected chi connectivity index (χ1v) is 17.2. The molecule has 1 N–H and O–H groups in total. The summed E-state index contributed by atoms with van der Waals surface area (Å²) in [5.41, 5.74) is 1.14. The Labute approximate surface area is 295 Å². The van der Waals surface area contributed by atoms with Crippen LogP contribution in [0.15, 0.2) is 60.2 Å². The molecule has 274 valence electrons. The number of aliphatic hydroxyl groups excluding tert-OH is 1. The summed E-state index contributed by atoms with van der Waals surface area (Å²) in [5.74, 6) is -0.935. The van der Waals surface area contributed by atoms with Gasteiger partial charge in [-0.1, -0.05) is 11.6 Å².